The van der Waals surface area contributed by atoms with E-state index >= 15 is 0 Å². The quantitative estimate of drug-likeness (QED) is 0.667. The molecule has 0 aromatic heterocycles. The van der Waals surface area contributed by atoms with E-state index in [1.807, 2.05) is 0 Å². The molecule has 10 nitrogen and oxygen atoms in total. The van der Waals surface area contributed by atoms with Crippen LogP contribution in [0.15, 0.2) is 48.5 Å². The average Bonchev–Trinajstić information content (AvgIpc) is 3.07. The summed E-state index contributed by atoms with van der Waals surface area (Å²) < 4.78 is 11.4. The number of imide groups is 1. The molecule has 0 unspecified atom stereocenters. The van der Waals surface area contributed by atoms with Gasteiger partial charge in [-0.2, -0.15) is 0 Å². The summed E-state index contributed by atoms with van der Waals surface area (Å²) >= 11 is 0. The molecule has 2 aromatic carbocycles. The van der Waals surface area contributed by atoms with E-state index in [0.717, 1.165) is 4.90 Å². The monoisotopic (exact) mass is 450 g/mol. The number of likely N-dealkylation sites (N-methyl/N-ethyl adjacent to an activating group) is 1. The number of para-hydroxylation sites is 3. The number of fused-ring (bicyclic) bond motifs is 3. The zero-order valence-electron chi connectivity index (χ0n) is 17.9. The lowest BCUT2D eigenvalue weighted by Crippen LogP contribution is -2.53. The molecule has 1 fully saturated rings. The molecule has 3 aliphatic rings. The van der Waals surface area contributed by atoms with Crippen LogP contribution < -0.4 is 25.0 Å². The summed E-state index contributed by atoms with van der Waals surface area (Å²) in [5, 5.41) is 5.30. The highest BCUT2D eigenvalue weighted by Crippen LogP contribution is 2.41. The van der Waals surface area contributed by atoms with E-state index in [9.17, 15) is 19.2 Å². The second-order valence-corrected chi connectivity index (χ2v) is 8.01. The highest BCUT2D eigenvalue weighted by atomic mass is 16.5. The predicted molar refractivity (Wildman–Crippen MR) is 116 cm³/mol. The van der Waals surface area contributed by atoms with Gasteiger partial charge in [0.15, 0.2) is 11.6 Å². The van der Waals surface area contributed by atoms with Crippen LogP contribution in [0.3, 0.4) is 0 Å². The van der Waals surface area contributed by atoms with Crippen molar-refractivity contribution in [1.29, 1.82) is 0 Å². The number of ether oxygens (including phenoxy) is 2. The first kappa shape index (κ1) is 20.8. The number of benzene rings is 2. The van der Waals surface area contributed by atoms with E-state index in [4.69, 9.17) is 9.47 Å². The van der Waals surface area contributed by atoms with Crippen molar-refractivity contribution >= 4 is 29.4 Å². The van der Waals surface area contributed by atoms with Gasteiger partial charge in [0.1, 0.15) is 18.0 Å². The van der Waals surface area contributed by atoms with Crippen molar-refractivity contribution in [1.82, 2.24) is 15.5 Å². The van der Waals surface area contributed by atoms with Crippen LogP contribution in [0.1, 0.15) is 12.0 Å². The number of anilines is 1. The Labute approximate surface area is 189 Å². The van der Waals surface area contributed by atoms with Crippen molar-refractivity contribution < 1.29 is 28.7 Å². The molecule has 1 spiro atoms. The van der Waals surface area contributed by atoms with Gasteiger partial charge in [-0.3, -0.25) is 19.3 Å². The Morgan fingerprint density at radius 1 is 1.12 bits per heavy atom. The maximum absolute atomic E-state index is 13.5. The predicted octanol–water partition coefficient (Wildman–Crippen LogP) is 0.756. The number of urea groups is 1. The first-order valence-corrected chi connectivity index (χ1v) is 10.6. The first-order valence-electron chi connectivity index (χ1n) is 10.6. The summed E-state index contributed by atoms with van der Waals surface area (Å²) in [6.07, 6.45) is -0.649. The van der Waals surface area contributed by atoms with Gasteiger partial charge in [-0.25, -0.2) is 4.79 Å². The Morgan fingerprint density at radius 3 is 2.64 bits per heavy atom. The Morgan fingerprint density at radius 2 is 1.85 bits per heavy atom. The largest absolute Gasteiger partial charge is 0.493 e. The molecule has 1 saturated heterocycles. The fourth-order valence-corrected chi connectivity index (χ4v) is 4.50. The second kappa shape index (κ2) is 7.80. The number of hydrogen-bond donors (Lipinski definition) is 2. The third kappa shape index (κ3) is 3.25. The molecule has 5 amide bonds. The summed E-state index contributed by atoms with van der Waals surface area (Å²) in [5.41, 5.74) is -0.221. The fraction of sp³-hybridized carbons (Fsp3) is 0.304. The molecule has 33 heavy (non-hydrogen) atoms. The van der Waals surface area contributed by atoms with Gasteiger partial charge in [-0.15, -0.1) is 0 Å². The minimum Gasteiger partial charge on any atom is -0.493 e. The Hall–Kier alpha value is -4.08. The van der Waals surface area contributed by atoms with Gasteiger partial charge in [0.2, 0.25) is 5.91 Å². The number of rotatable bonds is 3. The van der Waals surface area contributed by atoms with Crippen LogP contribution in [-0.4, -0.2) is 61.5 Å². The lowest BCUT2D eigenvalue weighted by Gasteiger charge is -2.35. The lowest BCUT2D eigenvalue weighted by atomic mass is 9.84. The zero-order chi connectivity index (χ0) is 23.2. The Kier molecular flexibility index (Phi) is 4.92. The van der Waals surface area contributed by atoms with Gasteiger partial charge in [0.05, 0.1) is 18.8 Å². The molecule has 2 aromatic rings. The maximum atomic E-state index is 13.5. The van der Waals surface area contributed by atoms with Crippen LogP contribution in [-0.2, 0) is 19.9 Å². The van der Waals surface area contributed by atoms with Crippen LogP contribution in [0.4, 0.5) is 10.5 Å². The second-order valence-electron chi connectivity index (χ2n) is 8.01. The zero-order valence-corrected chi connectivity index (χ0v) is 17.9. The van der Waals surface area contributed by atoms with Gasteiger partial charge < -0.3 is 25.0 Å². The van der Waals surface area contributed by atoms with Crippen LogP contribution in [0.25, 0.3) is 0 Å². The molecular formula is C23H22N4O6. The van der Waals surface area contributed by atoms with Crippen LogP contribution >= 0.6 is 0 Å². The minimum absolute atomic E-state index is 0.0407. The van der Waals surface area contributed by atoms with Crippen molar-refractivity contribution in [2.45, 2.75) is 18.1 Å². The molecule has 0 bridgehead atoms. The van der Waals surface area contributed by atoms with Gasteiger partial charge >= 0.3 is 6.03 Å². The molecule has 3 heterocycles. The van der Waals surface area contributed by atoms with E-state index in [0.29, 0.717) is 22.7 Å². The van der Waals surface area contributed by atoms with Crippen molar-refractivity contribution in [3.05, 3.63) is 54.1 Å². The number of nitrogens with zero attached hydrogens (tertiary/aromatic N) is 2. The minimum atomic E-state index is -1.26. The molecular weight excluding hydrogens is 428 g/mol. The molecule has 10 heteroatoms. The Balaban J connectivity index is 1.42. The standard InChI is InChI=1S/C23H22N4O6/c1-24-20(29)18-12-26(15-7-3-5-9-17(15)33-18)19(28)13-27-21(30)23(25-22(27)31)10-11-32-16-8-4-2-6-14(16)23/h2-9,18H,10-13H2,1H3,(H,24,29)(H,25,31)/t18-,23-/m0/s1. The van der Waals surface area contributed by atoms with Crippen molar-refractivity contribution in [3.8, 4) is 11.5 Å². The average molecular weight is 450 g/mol. The van der Waals surface area contributed by atoms with Crippen molar-refractivity contribution in [3.63, 3.8) is 0 Å². The van der Waals surface area contributed by atoms with Gasteiger partial charge in [-0.05, 0) is 18.2 Å². The highest BCUT2D eigenvalue weighted by molar-refractivity contribution is 6.11. The third-order valence-electron chi connectivity index (χ3n) is 6.16. The molecule has 0 aliphatic carbocycles. The molecule has 2 N–H and O–H groups in total. The fourth-order valence-electron chi connectivity index (χ4n) is 4.50. The van der Waals surface area contributed by atoms with Crippen molar-refractivity contribution in [2.75, 3.05) is 31.6 Å². The topological polar surface area (TPSA) is 117 Å². The summed E-state index contributed by atoms with van der Waals surface area (Å²) in [6.45, 7) is -0.249. The first-order chi connectivity index (χ1) is 15.9. The van der Waals surface area contributed by atoms with Crippen LogP contribution in [0.2, 0.25) is 0 Å². The SMILES string of the molecule is CNC(=O)[C@@H]1CN(C(=O)CN2C(=O)N[C@]3(CCOc4ccccc43)C2=O)c2ccccc2O1. The molecule has 170 valence electrons. The number of carbonyl (C=O) groups excluding carboxylic acids is 4. The number of nitrogens with one attached hydrogen (secondary N) is 2. The van der Waals surface area contributed by atoms with Gasteiger partial charge in [0.25, 0.3) is 11.8 Å². The highest BCUT2D eigenvalue weighted by Gasteiger charge is 2.55. The third-order valence-corrected chi connectivity index (χ3v) is 6.16. The molecule has 3 aliphatic heterocycles. The number of carbonyl (C=O) groups is 4. The Bertz CT molecular complexity index is 1170. The van der Waals surface area contributed by atoms with Crippen LogP contribution in [0, 0.1) is 0 Å². The van der Waals surface area contributed by atoms with Gasteiger partial charge in [0, 0.05) is 19.0 Å². The summed E-state index contributed by atoms with van der Waals surface area (Å²) in [4.78, 5) is 54.1. The van der Waals surface area contributed by atoms with E-state index in [1.165, 1.54) is 11.9 Å². The smallest absolute Gasteiger partial charge is 0.325 e. The maximum Gasteiger partial charge on any atom is 0.325 e. The molecule has 5 rings (SSSR count). The van der Waals surface area contributed by atoms with E-state index in [1.54, 1.807) is 48.5 Å². The summed E-state index contributed by atoms with van der Waals surface area (Å²) in [6, 6.07) is 13.2. The van der Waals surface area contributed by atoms with E-state index < -0.39 is 36.0 Å². The summed E-state index contributed by atoms with van der Waals surface area (Å²) in [5.74, 6) is -0.476. The summed E-state index contributed by atoms with van der Waals surface area (Å²) in [7, 11) is 1.48. The van der Waals surface area contributed by atoms with E-state index in [-0.39, 0.29) is 25.5 Å². The normalized spacial score (nSPS) is 23.2. The van der Waals surface area contributed by atoms with E-state index in [2.05, 4.69) is 10.6 Å². The van der Waals surface area contributed by atoms with Crippen LogP contribution in [0.5, 0.6) is 11.5 Å². The molecule has 0 radical (unpaired) electrons. The number of hydrogen-bond acceptors (Lipinski definition) is 6. The van der Waals surface area contributed by atoms with Gasteiger partial charge in [-0.1, -0.05) is 30.3 Å². The number of amides is 5. The molecule has 2 atom stereocenters. The van der Waals surface area contributed by atoms with Crippen molar-refractivity contribution in [2.24, 2.45) is 0 Å². The lowest BCUT2D eigenvalue weighted by molar-refractivity contribution is -0.136. The molecule has 0 saturated carbocycles.